The predicted octanol–water partition coefficient (Wildman–Crippen LogP) is 1.87. The number of hydrogen-bond acceptors (Lipinski definition) is 3. The SMILES string of the molecule is COCc1ccc(C(=O)NC2(CO)CCCC2)cc1. The molecule has 2 N–H and O–H groups in total. The minimum atomic E-state index is -0.414. The minimum Gasteiger partial charge on any atom is -0.394 e. The zero-order valence-electron chi connectivity index (χ0n) is 11.3. The maximum Gasteiger partial charge on any atom is 0.251 e. The van der Waals surface area contributed by atoms with Gasteiger partial charge >= 0.3 is 0 Å². The fourth-order valence-corrected chi connectivity index (χ4v) is 2.61. The third-order valence-corrected chi connectivity index (χ3v) is 3.77. The lowest BCUT2D eigenvalue weighted by Crippen LogP contribution is -2.49. The number of aliphatic hydroxyl groups is 1. The minimum absolute atomic E-state index is 0.0144. The van der Waals surface area contributed by atoms with Crippen LogP contribution in [-0.2, 0) is 11.3 Å². The van der Waals surface area contributed by atoms with Crippen LogP contribution in [0.1, 0.15) is 41.6 Å². The van der Waals surface area contributed by atoms with Crippen LogP contribution >= 0.6 is 0 Å². The van der Waals surface area contributed by atoms with Crippen molar-refractivity contribution in [2.75, 3.05) is 13.7 Å². The molecule has 1 fully saturated rings. The first-order valence-electron chi connectivity index (χ1n) is 6.70. The van der Waals surface area contributed by atoms with Gasteiger partial charge < -0.3 is 15.2 Å². The van der Waals surface area contributed by atoms with Crippen LogP contribution < -0.4 is 5.32 Å². The van der Waals surface area contributed by atoms with Gasteiger partial charge in [0, 0.05) is 12.7 Å². The van der Waals surface area contributed by atoms with Gasteiger partial charge in [-0.1, -0.05) is 25.0 Å². The molecule has 19 heavy (non-hydrogen) atoms. The quantitative estimate of drug-likeness (QED) is 0.852. The smallest absolute Gasteiger partial charge is 0.251 e. The molecule has 1 aliphatic rings. The molecule has 0 unspecified atom stereocenters. The van der Waals surface area contributed by atoms with Crippen molar-refractivity contribution in [3.8, 4) is 0 Å². The van der Waals surface area contributed by atoms with Gasteiger partial charge in [-0.05, 0) is 30.5 Å². The number of rotatable bonds is 5. The molecular weight excluding hydrogens is 242 g/mol. The molecule has 1 saturated carbocycles. The van der Waals surface area contributed by atoms with Gasteiger partial charge in [-0.15, -0.1) is 0 Å². The van der Waals surface area contributed by atoms with Crippen LogP contribution in [0.25, 0.3) is 0 Å². The summed E-state index contributed by atoms with van der Waals surface area (Å²) in [5.74, 6) is -0.111. The van der Waals surface area contributed by atoms with E-state index in [-0.39, 0.29) is 12.5 Å². The maximum absolute atomic E-state index is 12.2. The van der Waals surface area contributed by atoms with Crippen molar-refractivity contribution in [3.63, 3.8) is 0 Å². The highest BCUT2D eigenvalue weighted by molar-refractivity contribution is 5.94. The molecule has 4 heteroatoms. The summed E-state index contributed by atoms with van der Waals surface area (Å²) in [5, 5.41) is 12.5. The Morgan fingerprint density at radius 3 is 2.47 bits per heavy atom. The van der Waals surface area contributed by atoms with E-state index in [1.165, 1.54) is 0 Å². The first kappa shape index (κ1) is 14.0. The number of amides is 1. The van der Waals surface area contributed by atoms with Crippen LogP contribution in [0.15, 0.2) is 24.3 Å². The molecular formula is C15H21NO3. The Labute approximate surface area is 113 Å². The number of methoxy groups -OCH3 is 1. The van der Waals surface area contributed by atoms with Crippen LogP contribution in [0.2, 0.25) is 0 Å². The van der Waals surface area contributed by atoms with Crippen LogP contribution in [-0.4, -0.2) is 30.3 Å². The van der Waals surface area contributed by atoms with E-state index < -0.39 is 5.54 Å². The molecule has 0 saturated heterocycles. The van der Waals surface area contributed by atoms with Crippen molar-refractivity contribution in [2.24, 2.45) is 0 Å². The van der Waals surface area contributed by atoms with Gasteiger partial charge in [0.25, 0.3) is 5.91 Å². The van der Waals surface area contributed by atoms with Crippen molar-refractivity contribution in [1.82, 2.24) is 5.32 Å². The van der Waals surface area contributed by atoms with Gasteiger partial charge in [0.05, 0.1) is 18.8 Å². The fourth-order valence-electron chi connectivity index (χ4n) is 2.61. The van der Waals surface area contributed by atoms with E-state index in [4.69, 9.17) is 4.74 Å². The van der Waals surface area contributed by atoms with Gasteiger partial charge in [0.15, 0.2) is 0 Å². The molecule has 0 spiro atoms. The number of ether oxygens (including phenoxy) is 1. The normalized spacial score (nSPS) is 17.4. The molecule has 1 aliphatic carbocycles. The van der Waals surface area contributed by atoms with Crippen LogP contribution in [0.3, 0.4) is 0 Å². The second kappa shape index (κ2) is 6.17. The lowest BCUT2D eigenvalue weighted by molar-refractivity contribution is 0.0838. The van der Waals surface area contributed by atoms with E-state index in [9.17, 15) is 9.90 Å². The first-order chi connectivity index (χ1) is 9.19. The summed E-state index contributed by atoms with van der Waals surface area (Å²) in [6, 6.07) is 7.37. The van der Waals surface area contributed by atoms with Gasteiger partial charge in [0.2, 0.25) is 0 Å². The Bertz CT molecular complexity index is 422. The molecule has 0 atom stereocenters. The van der Waals surface area contributed by atoms with E-state index in [1.54, 1.807) is 19.2 Å². The Morgan fingerprint density at radius 2 is 1.95 bits per heavy atom. The lowest BCUT2D eigenvalue weighted by atomic mass is 9.98. The Kier molecular flexibility index (Phi) is 4.56. The zero-order chi connectivity index (χ0) is 13.7. The zero-order valence-corrected chi connectivity index (χ0v) is 11.3. The monoisotopic (exact) mass is 263 g/mol. The van der Waals surface area contributed by atoms with Gasteiger partial charge in [-0.25, -0.2) is 0 Å². The van der Waals surface area contributed by atoms with Crippen molar-refractivity contribution < 1.29 is 14.6 Å². The average molecular weight is 263 g/mol. The first-order valence-corrected chi connectivity index (χ1v) is 6.70. The third kappa shape index (κ3) is 3.33. The predicted molar refractivity (Wildman–Crippen MR) is 72.9 cm³/mol. The van der Waals surface area contributed by atoms with Gasteiger partial charge in [0.1, 0.15) is 0 Å². The summed E-state index contributed by atoms with van der Waals surface area (Å²) >= 11 is 0. The van der Waals surface area contributed by atoms with E-state index >= 15 is 0 Å². The third-order valence-electron chi connectivity index (χ3n) is 3.77. The Hall–Kier alpha value is -1.39. The number of carbonyl (C=O) groups excluding carboxylic acids is 1. The highest BCUT2D eigenvalue weighted by atomic mass is 16.5. The van der Waals surface area contributed by atoms with Crippen LogP contribution in [0.5, 0.6) is 0 Å². The number of carbonyl (C=O) groups is 1. The highest BCUT2D eigenvalue weighted by Crippen LogP contribution is 2.29. The molecule has 0 bridgehead atoms. The molecule has 0 radical (unpaired) electrons. The van der Waals surface area contributed by atoms with E-state index in [0.717, 1.165) is 31.2 Å². The standard InChI is InChI=1S/C15H21NO3/c1-19-10-12-4-6-13(7-5-12)14(18)16-15(11-17)8-2-3-9-15/h4-7,17H,2-3,8-11H2,1H3,(H,16,18). The lowest BCUT2D eigenvalue weighted by Gasteiger charge is -2.28. The fraction of sp³-hybridized carbons (Fsp3) is 0.533. The van der Waals surface area contributed by atoms with Gasteiger partial charge in [-0.3, -0.25) is 4.79 Å². The summed E-state index contributed by atoms with van der Waals surface area (Å²) in [4.78, 5) is 12.2. The molecule has 0 aliphatic heterocycles. The summed E-state index contributed by atoms with van der Waals surface area (Å²) in [6.45, 7) is 0.559. The molecule has 2 rings (SSSR count). The topological polar surface area (TPSA) is 58.6 Å². The van der Waals surface area contributed by atoms with E-state index in [0.29, 0.717) is 12.2 Å². The second-order valence-corrected chi connectivity index (χ2v) is 5.23. The number of hydrogen-bond donors (Lipinski definition) is 2. The molecule has 1 aromatic rings. The number of aliphatic hydroxyl groups excluding tert-OH is 1. The largest absolute Gasteiger partial charge is 0.394 e. The molecule has 1 amide bonds. The molecule has 1 aromatic carbocycles. The van der Waals surface area contributed by atoms with E-state index in [1.807, 2.05) is 12.1 Å². The number of nitrogens with one attached hydrogen (secondary N) is 1. The van der Waals surface area contributed by atoms with Crippen LogP contribution in [0.4, 0.5) is 0 Å². The summed E-state index contributed by atoms with van der Waals surface area (Å²) in [5.41, 5.74) is 1.25. The van der Waals surface area contributed by atoms with Crippen LogP contribution in [0, 0.1) is 0 Å². The summed E-state index contributed by atoms with van der Waals surface area (Å²) < 4.78 is 5.04. The number of benzene rings is 1. The van der Waals surface area contributed by atoms with Crippen molar-refractivity contribution in [3.05, 3.63) is 35.4 Å². The molecule has 104 valence electrons. The summed E-state index contributed by atoms with van der Waals surface area (Å²) in [6.07, 6.45) is 3.84. The van der Waals surface area contributed by atoms with Crippen molar-refractivity contribution in [2.45, 2.75) is 37.8 Å². The molecule has 0 heterocycles. The highest BCUT2D eigenvalue weighted by Gasteiger charge is 2.34. The second-order valence-electron chi connectivity index (χ2n) is 5.23. The van der Waals surface area contributed by atoms with Gasteiger partial charge in [-0.2, -0.15) is 0 Å². The Balaban J connectivity index is 2.03. The van der Waals surface area contributed by atoms with Crippen molar-refractivity contribution in [1.29, 1.82) is 0 Å². The molecule has 4 nitrogen and oxygen atoms in total. The molecule has 0 aromatic heterocycles. The maximum atomic E-state index is 12.2. The van der Waals surface area contributed by atoms with Crippen molar-refractivity contribution >= 4 is 5.91 Å². The summed E-state index contributed by atoms with van der Waals surface area (Å²) in [7, 11) is 1.64. The Morgan fingerprint density at radius 1 is 1.32 bits per heavy atom. The van der Waals surface area contributed by atoms with E-state index in [2.05, 4.69) is 5.32 Å². The average Bonchev–Trinajstić information content (AvgIpc) is 2.89.